The quantitative estimate of drug-likeness (QED) is 0.722. The lowest BCUT2D eigenvalue weighted by molar-refractivity contribution is -0.119. The Morgan fingerprint density at radius 1 is 1.70 bits per heavy atom. The maximum absolute atomic E-state index is 10.9. The minimum atomic E-state index is -0.311. The number of nitrogens with zero attached hydrogens (tertiary/aromatic N) is 3. The maximum atomic E-state index is 10.9. The fraction of sp³-hybridized carbons (Fsp3) is 0.692. The Labute approximate surface area is 119 Å². The average molecular weight is 281 g/mol. The molecule has 2 heterocycles. The second-order valence-electron chi connectivity index (χ2n) is 5.41. The lowest BCUT2D eigenvalue weighted by Crippen LogP contribution is -2.47. The van der Waals surface area contributed by atoms with Gasteiger partial charge in [0.2, 0.25) is 5.91 Å². The lowest BCUT2D eigenvalue weighted by Gasteiger charge is -2.34. The van der Waals surface area contributed by atoms with Crippen LogP contribution in [0.3, 0.4) is 0 Å². The van der Waals surface area contributed by atoms with Gasteiger partial charge < -0.3 is 10.5 Å². The zero-order valence-corrected chi connectivity index (χ0v) is 12.1. The molecule has 0 spiro atoms. The molecule has 112 valence electrons. The Morgan fingerprint density at radius 3 is 3.15 bits per heavy atom. The van der Waals surface area contributed by atoms with Crippen molar-refractivity contribution >= 4 is 5.91 Å². The molecule has 1 aliphatic rings. The van der Waals surface area contributed by atoms with E-state index in [0.29, 0.717) is 13.2 Å². The molecule has 1 fully saturated rings. The van der Waals surface area contributed by atoms with E-state index in [2.05, 4.69) is 15.1 Å². The van der Waals surface area contributed by atoms with E-state index >= 15 is 0 Å². The van der Waals surface area contributed by atoms with Gasteiger partial charge in [-0.05, 0) is 14.0 Å². The number of primary amides is 1. The molecule has 0 saturated carbocycles. The van der Waals surface area contributed by atoms with E-state index in [1.807, 2.05) is 25.1 Å². The predicted molar refractivity (Wildman–Crippen MR) is 75.0 cm³/mol. The molecule has 1 saturated heterocycles. The minimum Gasteiger partial charge on any atom is -0.374 e. The highest BCUT2D eigenvalue weighted by molar-refractivity contribution is 5.75. The molecule has 20 heavy (non-hydrogen) atoms. The third kappa shape index (κ3) is 4.29. The maximum Gasteiger partial charge on any atom is 0.231 e. The monoisotopic (exact) mass is 281 g/mol. The number of carbonyl (C=O) groups excluding carboxylic acids is 1. The van der Waals surface area contributed by atoms with Crippen LogP contribution in [-0.2, 0) is 16.1 Å². The number of aryl methyl sites for hydroxylation is 1. The van der Waals surface area contributed by atoms with Crippen molar-refractivity contribution in [3.63, 3.8) is 0 Å². The average Bonchev–Trinajstić information content (AvgIpc) is 2.74. The minimum absolute atomic E-state index is 0.111. The standard InChI is InChI=1S/C13H23N5O2/c1-10-11(5-15-16-10)6-18-3-4-20-12(8-18)7-17(2)9-13(14)19/h5,12H,3-4,6-9H2,1-2H3,(H2,14,19)(H,15,16)/t12-/m0/s1. The molecular formula is C13H23N5O2. The van der Waals surface area contributed by atoms with E-state index in [1.165, 1.54) is 5.56 Å². The molecule has 1 aromatic heterocycles. The summed E-state index contributed by atoms with van der Waals surface area (Å²) in [4.78, 5) is 15.1. The molecule has 7 nitrogen and oxygen atoms in total. The highest BCUT2D eigenvalue weighted by Crippen LogP contribution is 2.12. The van der Waals surface area contributed by atoms with Crippen molar-refractivity contribution < 1.29 is 9.53 Å². The van der Waals surface area contributed by atoms with Crippen LogP contribution < -0.4 is 5.73 Å². The molecule has 0 radical (unpaired) electrons. The SMILES string of the molecule is Cc1[nH]ncc1CN1CCO[C@@H](CN(C)CC(N)=O)C1. The number of amides is 1. The Morgan fingerprint density at radius 2 is 2.50 bits per heavy atom. The number of rotatable bonds is 6. The van der Waals surface area contributed by atoms with Crippen molar-refractivity contribution in [2.45, 2.75) is 19.6 Å². The van der Waals surface area contributed by atoms with E-state index in [-0.39, 0.29) is 18.6 Å². The summed E-state index contributed by atoms with van der Waals surface area (Å²) >= 11 is 0. The van der Waals surface area contributed by atoms with Crippen molar-refractivity contribution in [3.8, 4) is 0 Å². The number of aromatic nitrogens is 2. The number of aromatic amines is 1. The fourth-order valence-electron chi connectivity index (χ4n) is 2.49. The number of H-pyrrole nitrogens is 1. The van der Waals surface area contributed by atoms with E-state index in [9.17, 15) is 4.79 Å². The van der Waals surface area contributed by atoms with Crippen molar-refractivity contribution in [3.05, 3.63) is 17.5 Å². The smallest absolute Gasteiger partial charge is 0.231 e. The number of hydrogen-bond donors (Lipinski definition) is 2. The van der Waals surface area contributed by atoms with E-state index in [1.54, 1.807) is 0 Å². The summed E-state index contributed by atoms with van der Waals surface area (Å²) in [5.74, 6) is -0.311. The number of nitrogens with two attached hydrogens (primary N) is 1. The number of hydrogen-bond acceptors (Lipinski definition) is 5. The summed E-state index contributed by atoms with van der Waals surface area (Å²) in [6.45, 7) is 6.37. The van der Waals surface area contributed by atoms with Gasteiger partial charge in [0.15, 0.2) is 0 Å². The molecule has 1 amide bonds. The van der Waals surface area contributed by atoms with E-state index in [0.717, 1.165) is 25.3 Å². The van der Waals surface area contributed by atoms with Crippen LogP contribution in [0.15, 0.2) is 6.20 Å². The molecule has 3 N–H and O–H groups in total. The second kappa shape index (κ2) is 6.83. The molecular weight excluding hydrogens is 258 g/mol. The Hall–Kier alpha value is -1.44. The van der Waals surface area contributed by atoms with Gasteiger partial charge >= 0.3 is 0 Å². The molecule has 0 aromatic carbocycles. The second-order valence-corrected chi connectivity index (χ2v) is 5.41. The summed E-state index contributed by atoms with van der Waals surface area (Å²) in [5.41, 5.74) is 7.52. The Bertz CT molecular complexity index is 448. The van der Waals surface area contributed by atoms with Gasteiger partial charge in [-0.1, -0.05) is 0 Å². The molecule has 1 atom stereocenters. The molecule has 0 bridgehead atoms. The molecule has 1 aromatic rings. The van der Waals surface area contributed by atoms with Gasteiger partial charge in [-0.2, -0.15) is 5.10 Å². The number of carbonyl (C=O) groups is 1. The summed E-state index contributed by atoms with van der Waals surface area (Å²) < 4.78 is 5.75. The number of ether oxygens (including phenoxy) is 1. The lowest BCUT2D eigenvalue weighted by atomic mass is 10.2. The van der Waals surface area contributed by atoms with Crippen LogP contribution in [0.5, 0.6) is 0 Å². The molecule has 2 rings (SSSR count). The van der Waals surface area contributed by atoms with Gasteiger partial charge in [0.25, 0.3) is 0 Å². The third-order valence-corrected chi connectivity index (χ3v) is 3.49. The first-order valence-corrected chi connectivity index (χ1v) is 6.84. The first kappa shape index (κ1) is 15.0. The van der Waals surface area contributed by atoms with Gasteiger partial charge in [-0.15, -0.1) is 0 Å². The van der Waals surface area contributed by atoms with Gasteiger partial charge in [0.1, 0.15) is 0 Å². The molecule has 7 heteroatoms. The summed E-state index contributed by atoms with van der Waals surface area (Å²) in [6.07, 6.45) is 1.99. The van der Waals surface area contributed by atoms with Gasteiger partial charge in [0, 0.05) is 37.4 Å². The predicted octanol–water partition coefficient (Wildman–Crippen LogP) is -0.664. The summed E-state index contributed by atoms with van der Waals surface area (Å²) in [6, 6.07) is 0. The Balaban J connectivity index is 1.82. The van der Waals surface area contributed by atoms with Crippen molar-refractivity contribution in [1.29, 1.82) is 0 Å². The van der Waals surface area contributed by atoms with Crippen molar-refractivity contribution in [1.82, 2.24) is 20.0 Å². The van der Waals surface area contributed by atoms with Crippen LogP contribution in [0, 0.1) is 6.92 Å². The van der Waals surface area contributed by atoms with Crippen LogP contribution in [0.2, 0.25) is 0 Å². The van der Waals surface area contributed by atoms with Crippen LogP contribution in [0.4, 0.5) is 0 Å². The van der Waals surface area contributed by atoms with E-state index in [4.69, 9.17) is 10.5 Å². The molecule has 1 aliphatic heterocycles. The molecule has 0 aliphatic carbocycles. The highest BCUT2D eigenvalue weighted by Gasteiger charge is 2.22. The molecule has 0 unspecified atom stereocenters. The Kier molecular flexibility index (Phi) is 5.11. The first-order valence-electron chi connectivity index (χ1n) is 6.84. The highest BCUT2D eigenvalue weighted by atomic mass is 16.5. The largest absolute Gasteiger partial charge is 0.374 e. The van der Waals surface area contributed by atoms with Crippen LogP contribution in [0.25, 0.3) is 0 Å². The van der Waals surface area contributed by atoms with Crippen LogP contribution in [-0.4, -0.2) is 71.8 Å². The number of likely N-dealkylation sites (N-methyl/N-ethyl adjacent to an activating group) is 1. The summed E-state index contributed by atoms with van der Waals surface area (Å²) in [5, 5.41) is 7.00. The normalized spacial score (nSPS) is 20.4. The zero-order chi connectivity index (χ0) is 14.5. The van der Waals surface area contributed by atoms with Crippen molar-refractivity contribution in [2.75, 3.05) is 39.8 Å². The van der Waals surface area contributed by atoms with Crippen LogP contribution >= 0.6 is 0 Å². The topological polar surface area (TPSA) is 87.5 Å². The van der Waals surface area contributed by atoms with Crippen molar-refractivity contribution in [2.24, 2.45) is 5.73 Å². The number of morpholine rings is 1. The number of nitrogens with one attached hydrogen (secondary N) is 1. The fourth-order valence-corrected chi connectivity index (χ4v) is 2.49. The summed E-state index contributed by atoms with van der Waals surface area (Å²) in [7, 11) is 1.88. The van der Waals surface area contributed by atoms with Gasteiger partial charge in [-0.3, -0.25) is 19.7 Å². The van der Waals surface area contributed by atoms with Gasteiger partial charge in [0.05, 0.1) is 25.5 Å². The third-order valence-electron chi connectivity index (χ3n) is 3.49. The van der Waals surface area contributed by atoms with Gasteiger partial charge in [-0.25, -0.2) is 0 Å². The van der Waals surface area contributed by atoms with Crippen LogP contribution in [0.1, 0.15) is 11.3 Å². The van der Waals surface area contributed by atoms with E-state index < -0.39 is 0 Å². The zero-order valence-electron chi connectivity index (χ0n) is 12.1. The first-order chi connectivity index (χ1) is 9.54.